The lowest BCUT2D eigenvalue weighted by Crippen LogP contribution is -2.43. The van der Waals surface area contributed by atoms with Crippen molar-refractivity contribution in [2.75, 3.05) is 13.1 Å². The van der Waals surface area contributed by atoms with Gasteiger partial charge in [0.15, 0.2) is 0 Å². The number of benzene rings is 1. The molecule has 2 atom stereocenters. The van der Waals surface area contributed by atoms with Crippen molar-refractivity contribution in [2.24, 2.45) is 11.3 Å². The highest BCUT2D eigenvalue weighted by atomic mass is 79.9. The molecule has 0 heterocycles. The van der Waals surface area contributed by atoms with Crippen LogP contribution in [0.3, 0.4) is 0 Å². The monoisotopic (exact) mass is 453 g/mol. The smallest absolute Gasteiger partial charge is 0.0997 e. The number of hydrogen-bond acceptors (Lipinski definition) is 1. The lowest BCUT2D eigenvalue weighted by atomic mass is 9.64. The molecular formula is C23H36BrNOS. The second-order valence-electron chi connectivity index (χ2n) is 9.92. The molecule has 1 fully saturated rings. The zero-order valence-electron chi connectivity index (χ0n) is 17.9. The first-order chi connectivity index (χ1) is 12.6. The summed E-state index contributed by atoms with van der Waals surface area (Å²) in [5.41, 5.74) is 4.73. The molecule has 0 N–H and O–H groups in total. The quantitative estimate of drug-likeness (QED) is 0.517. The fourth-order valence-corrected chi connectivity index (χ4v) is 6.78. The van der Waals surface area contributed by atoms with E-state index in [1.54, 1.807) is 0 Å². The molecule has 27 heavy (non-hydrogen) atoms. The number of rotatable bonds is 4. The minimum atomic E-state index is -0.964. The number of halogens is 1. The average molecular weight is 455 g/mol. The second kappa shape index (κ2) is 7.91. The van der Waals surface area contributed by atoms with Crippen LogP contribution in [0.4, 0.5) is 0 Å². The summed E-state index contributed by atoms with van der Waals surface area (Å²) in [6.07, 6.45) is 6.49. The largest absolute Gasteiger partial charge is 0.242 e. The normalized spacial score (nSPS) is 29.3. The Morgan fingerprint density at radius 1 is 1.26 bits per heavy atom. The SMILES string of the molecule is CCN(CC1c2cc(Br)c(C)cc2CC12CCC(C)CC2)S(=O)C(C)(C)C. The van der Waals surface area contributed by atoms with Crippen LogP contribution in [0.25, 0.3) is 0 Å². The molecule has 0 saturated heterocycles. The zero-order chi connectivity index (χ0) is 20.0. The summed E-state index contributed by atoms with van der Waals surface area (Å²) >= 11 is 3.77. The highest BCUT2D eigenvalue weighted by Crippen LogP contribution is 2.57. The van der Waals surface area contributed by atoms with Gasteiger partial charge in [-0.25, -0.2) is 8.51 Å². The molecule has 2 aliphatic rings. The van der Waals surface area contributed by atoms with Gasteiger partial charge >= 0.3 is 0 Å². The van der Waals surface area contributed by atoms with Gasteiger partial charge in [0.1, 0.15) is 0 Å². The predicted octanol–water partition coefficient (Wildman–Crippen LogP) is 6.38. The van der Waals surface area contributed by atoms with Gasteiger partial charge in [0.05, 0.1) is 15.7 Å². The van der Waals surface area contributed by atoms with Crippen LogP contribution in [-0.2, 0) is 17.4 Å². The Morgan fingerprint density at radius 2 is 1.89 bits per heavy atom. The molecule has 1 aromatic rings. The molecule has 0 aliphatic heterocycles. The van der Waals surface area contributed by atoms with Gasteiger partial charge in [-0.1, -0.05) is 48.7 Å². The molecule has 2 nitrogen and oxygen atoms in total. The number of nitrogens with zero attached hydrogens (tertiary/aromatic N) is 1. The Morgan fingerprint density at radius 3 is 2.44 bits per heavy atom. The average Bonchev–Trinajstić information content (AvgIpc) is 2.87. The van der Waals surface area contributed by atoms with E-state index >= 15 is 0 Å². The van der Waals surface area contributed by atoms with E-state index in [0.717, 1.165) is 19.0 Å². The summed E-state index contributed by atoms with van der Waals surface area (Å²) in [6, 6.07) is 4.77. The molecule has 0 aromatic heterocycles. The molecule has 3 rings (SSSR count). The van der Waals surface area contributed by atoms with Gasteiger partial charge < -0.3 is 0 Å². The summed E-state index contributed by atoms with van der Waals surface area (Å²) < 4.78 is 16.4. The minimum Gasteiger partial charge on any atom is -0.242 e. The van der Waals surface area contributed by atoms with Crippen LogP contribution in [0.1, 0.15) is 82.9 Å². The second-order valence-corrected chi connectivity index (χ2v) is 13.0. The fourth-order valence-electron chi connectivity index (χ4n) is 5.13. The maximum absolute atomic E-state index is 13.2. The van der Waals surface area contributed by atoms with Gasteiger partial charge in [-0.15, -0.1) is 0 Å². The molecule has 0 bridgehead atoms. The van der Waals surface area contributed by atoms with Crippen molar-refractivity contribution < 1.29 is 4.21 Å². The number of aryl methyl sites for hydroxylation is 1. The predicted molar refractivity (Wildman–Crippen MR) is 121 cm³/mol. The summed E-state index contributed by atoms with van der Waals surface area (Å²) in [6.45, 7) is 14.8. The number of fused-ring (bicyclic) bond motifs is 1. The maximum atomic E-state index is 13.2. The number of hydrogen-bond donors (Lipinski definition) is 0. The third-order valence-corrected chi connectivity index (χ3v) is 9.62. The Bertz CT molecular complexity index is 716. The first-order valence-corrected chi connectivity index (χ1v) is 12.4. The first-order valence-electron chi connectivity index (χ1n) is 10.5. The molecule has 1 aromatic carbocycles. The van der Waals surface area contributed by atoms with Gasteiger partial charge in [0.2, 0.25) is 0 Å². The molecule has 0 radical (unpaired) electrons. The third kappa shape index (κ3) is 4.23. The van der Waals surface area contributed by atoms with E-state index in [9.17, 15) is 4.21 Å². The van der Waals surface area contributed by atoms with Crippen LogP contribution < -0.4 is 0 Å². The van der Waals surface area contributed by atoms with Crippen LogP contribution in [0.15, 0.2) is 16.6 Å². The summed E-state index contributed by atoms with van der Waals surface area (Å²) in [4.78, 5) is 0. The highest BCUT2D eigenvalue weighted by Gasteiger charge is 2.48. The van der Waals surface area contributed by atoms with Crippen LogP contribution >= 0.6 is 15.9 Å². The van der Waals surface area contributed by atoms with E-state index in [1.807, 2.05) is 0 Å². The van der Waals surface area contributed by atoms with Crippen molar-refractivity contribution >= 4 is 26.9 Å². The van der Waals surface area contributed by atoms with Gasteiger partial charge in [-0.05, 0) is 81.0 Å². The van der Waals surface area contributed by atoms with E-state index in [2.05, 4.69) is 73.9 Å². The standard InChI is InChI=1S/C23H36BrNOS/c1-7-25(27(26)22(4,5)6)15-20-19-13-21(24)17(3)12-18(19)14-23(20)10-8-16(2)9-11-23/h12-13,16,20H,7-11,14-15H2,1-6H3. The Kier molecular flexibility index (Phi) is 6.31. The lowest BCUT2D eigenvalue weighted by molar-refractivity contribution is 0.121. The van der Waals surface area contributed by atoms with Crippen LogP contribution in [-0.4, -0.2) is 26.4 Å². The van der Waals surface area contributed by atoms with Crippen molar-refractivity contribution in [1.29, 1.82) is 0 Å². The molecule has 1 saturated carbocycles. The topological polar surface area (TPSA) is 20.3 Å². The van der Waals surface area contributed by atoms with E-state index in [0.29, 0.717) is 11.3 Å². The van der Waals surface area contributed by atoms with Crippen LogP contribution in [0.5, 0.6) is 0 Å². The van der Waals surface area contributed by atoms with Crippen molar-refractivity contribution in [1.82, 2.24) is 4.31 Å². The summed E-state index contributed by atoms with van der Waals surface area (Å²) in [7, 11) is -0.964. The van der Waals surface area contributed by atoms with Gasteiger partial charge in [0.25, 0.3) is 0 Å². The Balaban J connectivity index is 1.98. The van der Waals surface area contributed by atoms with Crippen molar-refractivity contribution in [3.8, 4) is 0 Å². The maximum Gasteiger partial charge on any atom is 0.0997 e. The van der Waals surface area contributed by atoms with E-state index in [4.69, 9.17) is 0 Å². The molecule has 4 heteroatoms. The third-order valence-electron chi connectivity index (χ3n) is 6.84. The van der Waals surface area contributed by atoms with Gasteiger partial charge in [-0.3, -0.25) is 0 Å². The molecule has 152 valence electrons. The van der Waals surface area contributed by atoms with Gasteiger partial charge in [-0.2, -0.15) is 0 Å². The number of likely N-dealkylation sites (N-methyl/N-ethyl adjacent to an activating group) is 1. The van der Waals surface area contributed by atoms with E-state index in [-0.39, 0.29) is 4.75 Å². The Labute approximate surface area is 177 Å². The summed E-state index contributed by atoms with van der Waals surface area (Å²) in [5, 5.41) is 0. The van der Waals surface area contributed by atoms with Crippen LogP contribution in [0, 0.1) is 18.3 Å². The highest BCUT2D eigenvalue weighted by molar-refractivity contribution is 9.10. The molecule has 2 unspecified atom stereocenters. The zero-order valence-corrected chi connectivity index (χ0v) is 20.3. The van der Waals surface area contributed by atoms with E-state index < -0.39 is 11.0 Å². The fraction of sp³-hybridized carbons (Fsp3) is 0.739. The first kappa shape index (κ1) is 21.5. The van der Waals surface area contributed by atoms with E-state index in [1.165, 1.54) is 53.3 Å². The van der Waals surface area contributed by atoms with Crippen LogP contribution in [0.2, 0.25) is 0 Å². The minimum absolute atomic E-state index is 0.209. The molecule has 2 aliphatic carbocycles. The molecule has 1 spiro atoms. The molecule has 0 amide bonds. The van der Waals surface area contributed by atoms with Gasteiger partial charge in [0, 0.05) is 23.5 Å². The van der Waals surface area contributed by atoms with Crippen molar-refractivity contribution in [2.45, 2.75) is 84.3 Å². The van der Waals surface area contributed by atoms with Crippen molar-refractivity contribution in [3.63, 3.8) is 0 Å². The lowest BCUT2D eigenvalue weighted by Gasteiger charge is -2.43. The Hall–Kier alpha value is -0.190. The summed E-state index contributed by atoms with van der Waals surface area (Å²) in [5.74, 6) is 1.34. The molecular weight excluding hydrogens is 418 g/mol. The van der Waals surface area contributed by atoms with Crippen molar-refractivity contribution in [3.05, 3.63) is 33.3 Å².